The molecule has 0 fully saturated rings. The zero-order valence-corrected chi connectivity index (χ0v) is 16.3. The number of benzene rings is 2. The average molecular weight is 355 g/mol. The lowest BCUT2D eigenvalue weighted by atomic mass is 10.0. The summed E-state index contributed by atoms with van der Waals surface area (Å²) in [7, 11) is 8.08. The smallest absolute Gasteiger partial charge is 0.255 e. The number of nitrogens with zero attached hydrogens (tertiary/aromatic N) is 2. The van der Waals surface area contributed by atoms with Crippen molar-refractivity contribution in [1.82, 2.24) is 10.2 Å². The van der Waals surface area contributed by atoms with Gasteiger partial charge in [-0.3, -0.25) is 4.79 Å². The summed E-state index contributed by atoms with van der Waals surface area (Å²) < 4.78 is 5.56. The first-order chi connectivity index (χ1) is 12.4. The number of rotatable bonds is 8. The van der Waals surface area contributed by atoms with Gasteiger partial charge in [0.05, 0.1) is 18.2 Å². The number of ether oxygens (including phenoxy) is 1. The number of hydrogen-bond acceptors (Lipinski definition) is 4. The number of carbonyl (C=O) groups is 1. The first-order valence-corrected chi connectivity index (χ1v) is 8.87. The molecule has 5 nitrogen and oxygen atoms in total. The Morgan fingerprint density at radius 1 is 1.04 bits per heavy atom. The summed E-state index contributed by atoms with van der Waals surface area (Å²) in [5, 5.41) is 3.04. The van der Waals surface area contributed by atoms with Crippen molar-refractivity contribution >= 4 is 11.6 Å². The van der Waals surface area contributed by atoms with Gasteiger partial charge in [0.15, 0.2) is 0 Å². The molecule has 0 aliphatic rings. The van der Waals surface area contributed by atoms with Gasteiger partial charge in [0.25, 0.3) is 5.91 Å². The third kappa shape index (κ3) is 4.99. The van der Waals surface area contributed by atoms with E-state index in [9.17, 15) is 4.79 Å². The maximum Gasteiger partial charge on any atom is 0.255 e. The summed E-state index contributed by atoms with van der Waals surface area (Å²) in [6, 6.07) is 15.8. The molecule has 0 saturated heterocycles. The maximum absolute atomic E-state index is 12.6. The summed E-state index contributed by atoms with van der Waals surface area (Å²) in [5.74, 6) is 0.495. The van der Waals surface area contributed by atoms with Gasteiger partial charge in [-0.25, -0.2) is 0 Å². The van der Waals surface area contributed by atoms with Crippen LogP contribution in [0.25, 0.3) is 0 Å². The normalized spacial score (nSPS) is 11.9. The van der Waals surface area contributed by atoms with E-state index < -0.39 is 0 Å². The summed E-state index contributed by atoms with van der Waals surface area (Å²) in [6.45, 7) is 2.96. The molecule has 0 spiro atoms. The Balaban J connectivity index is 2.10. The van der Waals surface area contributed by atoms with Crippen molar-refractivity contribution in [2.45, 2.75) is 13.0 Å². The molecule has 2 aromatic rings. The highest BCUT2D eigenvalue weighted by molar-refractivity contribution is 5.96. The van der Waals surface area contributed by atoms with Crippen molar-refractivity contribution < 1.29 is 9.53 Å². The van der Waals surface area contributed by atoms with Gasteiger partial charge in [0, 0.05) is 26.3 Å². The number of nitrogens with one attached hydrogen (secondary N) is 1. The van der Waals surface area contributed by atoms with Crippen LogP contribution in [0.1, 0.15) is 28.9 Å². The quantitative estimate of drug-likeness (QED) is 0.790. The molecule has 140 valence electrons. The number of likely N-dealkylation sites (N-methyl/N-ethyl adjacent to an activating group) is 1. The van der Waals surface area contributed by atoms with Gasteiger partial charge in [-0.2, -0.15) is 0 Å². The van der Waals surface area contributed by atoms with E-state index in [0.717, 1.165) is 5.69 Å². The highest BCUT2D eigenvalue weighted by atomic mass is 16.5. The van der Waals surface area contributed by atoms with Crippen LogP contribution in [0.3, 0.4) is 0 Å². The van der Waals surface area contributed by atoms with E-state index in [1.807, 2.05) is 53.3 Å². The van der Waals surface area contributed by atoms with E-state index in [1.54, 1.807) is 6.07 Å². The number of amides is 1. The molecule has 0 aromatic heterocycles. The minimum atomic E-state index is -0.120. The second-order valence-electron chi connectivity index (χ2n) is 6.60. The van der Waals surface area contributed by atoms with Crippen LogP contribution in [-0.4, -0.2) is 52.1 Å². The topological polar surface area (TPSA) is 44.8 Å². The van der Waals surface area contributed by atoms with Gasteiger partial charge in [-0.1, -0.05) is 24.3 Å². The Bertz CT molecular complexity index is 711. The van der Waals surface area contributed by atoms with Crippen LogP contribution < -0.4 is 15.0 Å². The van der Waals surface area contributed by atoms with Crippen LogP contribution in [0.15, 0.2) is 48.5 Å². The van der Waals surface area contributed by atoms with Gasteiger partial charge in [-0.15, -0.1) is 0 Å². The Morgan fingerprint density at radius 3 is 2.27 bits per heavy atom. The Morgan fingerprint density at radius 2 is 1.69 bits per heavy atom. The molecule has 0 heterocycles. The average Bonchev–Trinajstić information content (AvgIpc) is 2.62. The summed E-state index contributed by atoms with van der Waals surface area (Å²) in [4.78, 5) is 16.8. The Labute approximate surface area is 156 Å². The number of carbonyl (C=O) groups excluding carboxylic acids is 1. The minimum absolute atomic E-state index is 0.0921. The van der Waals surface area contributed by atoms with Gasteiger partial charge in [0.2, 0.25) is 0 Å². The van der Waals surface area contributed by atoms with E-state index in [1.165, 1.54) is 5.56 Å². The van der Waals surface area contributed by atoms with E-state index in [2.05, 4.69) is 39.4 Å². The molecule has 1 unspecified atom stereocenters. The molecule has 2 aromatic carbocycles. The molecular weight excluding hydrogens is 326 g/mol. The van der Waals surface area contributed by atoms with Crippen LogP contribution in [0.2, 0.25) is 0 Å². The second kappa shape index (κ2) is 9.25. The molecule has 0 saturated carbocycles. The Kier molecular flexibility index (Phi) is 7.04. The number of para-hydroxylation sites is 1. The lowest BCUT2D eigenvalue weighted by Crippen LogP contribution is -2.34. The number of hydrogen-bond donors (Lipinski definition) is 1. The molecule has 1 N–H and O–H groups in total. The van der Waals surface area contributed by atoms with E-state index in [0.29, 0.717) is 24.5 Å². The first kappa shape index (κ1) is 19.8. The van der Waals surface area contributed by atoms with Gasteiger partial charge >= 0.3 is 0 Å². The van der Waals surface area contributed by atoms with Crippen molar-refractivity contribution in [3.8, 4) is 5.75 Å². The van der Waals surface area contributed by atoms with Gasteiger partial charge in [-0.05, 0) is 50.8 Å². The zero-order chi connectivity index (χ0) is 19.1. The summed E-state index contributed by atoms with van der Waals surface area (Å²) >= 11 is 0. The van der Waals surface area contributed by atoms with Crippen molar-refractivity contribution in [3.63, 3.8) is 0 Å². The second-order valence-corrected chi connectivity index (χ2v) is 6.60. The van der Waals surface area contributed by atoms with E-state index >= 15 is 0 Å². The summed E-state index contributed by atoms with van der Waals surface area (Å²) in [5.41, 5.74) is 2.88. The molecule has 1 atom stereocenters. The molecular formula is C21H29N3O2. The highest BCUT2D eigenvalue weighted by Crippen LogP contribution is 2.22. The van der Waals surface area contributed by atoms with Crippen molar-refractivity contribution in [2.75, 3.05) is 46.2 Å². The molecule has 0 aliphatic carbocycles. The fraction of sp³-hybridized carbons (Fsp3) is 0.381. The van der Waals surface area contributed by atoms with Gasteiger partial charge < -0.3 is 19.9 Å². The lowest BCUT2D eigenvalue weighted by Gasteiger charge is -2.26. The molecule has 5 heteroatoms. The molecule has 0 bridgehead atoms. The third-order valence-corrected chi connectivity index (χ3v) is 4.31. The number of anilines is 1. The predicted octanol–water partition coefficient (Wildman–Crippen LogP) is 3.18. The van der Waals surface area contributed by atoms with Gasteiger partial charge in [0.1, 0.15) is 5.75 Å². The molecule has 1 amide bonds. The molecule has 2 rings (SSSR count). The fourth-order valence-corrected chi connectivity index (χ4v) is 2.81. The minimum Gasteiger partial charge on any atom is -0.493 e. The van der Waals surface area contributed by atoms with Crippen LogP contribution in [0.5, 0.6) is 5.75 Å². The first-order valence-electron chi connectivity index (χ1n) is 8.87. The van der Waals surface area contributed by atoms with Crippen LogP contribution in [-0.2, 0) is 0 Å². The van der Waals surface area contributed by atoms with Crippen molar-refractivity contribution in [2.24, 2.45) is 0 Å². The molecule has 26 heavy (non-hydrogen) atoms. The summed E-state index contributed by atoms with van der Waals surface area (Å²) in [6.07, 6.45) is 0. The lowest BCUT2D eigenvalue weighted by molar-refractivity contribution is 0.0938. The van der Waals surface area contributed by atoms with E-state index in [-0.39, 0.29) is 11.9 Å². The maximum atomic E-state index is 12.6. The van der Waals surface area contributed by atoms with Crippen LogP contribution in [0, 0.1) is 0 Å². The SMILES string of the molecule is CCOc1ccccc1C(=O)NCC(c1ccc(N(C)C)cc1)N(C)C. The van der Waals surface area contributed by atoms with Crippen LogP contribution in [0.4, 0.5) is 5.69 Å². The standard InChI is InChI=1S/C21H29N3O2/c1-6-26-20-10-8-7-9-18(20)21(25)22-15-19(24(4)5)16-11-13-17(14-12-16)23(2)3/h7-14,19H,6,15H2,1-5H3,(H,22,25). The molecule has 0 aliphatic heterocycles. The van der Waals surface area contributed by atoms with Crippen molar-refractivity contribution in [1.29, 1.82) is 0 Å². The predicted molar refractivity (Wildman–Crippen MR) is 107 cm³/mol. The largest absolute Gasteiger partial charge is 0.493 e. The van der Waals surface area contributed by atoms with E-state index in [4.69, 9.17) is 4.74 Å². The third-order valence-electron chi connectivity index (χ3n) is 4.31. The highest BCUT2D eigenvalue weighted by Gasteiger charge is 2.17. The fourth-order valence-electron chi connectivity index (χ4n) is 2.81. The van der Waals surface area contributed by atoms with Crippen molar-refractivity contribution in [3.05, 3.63) is 59.7 Å². The Hall–Kier alpha value is -2.53. The molecule has 0 radical (unpaired) electrons. The zero-order valence-electron chi connectivity index (χ0n) is 16.3. The monoisotopic (exact) mass is 355 g/mol. The van der Waals surface area contributed by atoms with Crippen LogP contribution >= 0.6 is 0 Å².